The van der Waals surface area contributed by atoms with Crippen molar-refractivity contribution in [2.75, 3.05) is 47.5 Å². The number of hydrogen-bond acceptors (Lipinski definition) is 7. The molecule has 2 unspecified atom stereocenters. The number of nitrogens with zero attached hydrogens (tertiary/aromatic N) is 1. The SMILES string of the molecule is CCCCCCCCCC/C=C\CCCCCCCCCCCCCCCC(=O)OC(COC(=O)CCCCCCCCCCCCCCCCCCCCCCCCCCCCCCCCCCCCCCCC)COP(=O)(O)OCC[N+](C)(C)C. The van der Waals surface area contributed by atoms with Gasteiger partial charge in [-0.1, -0.05) is 379 Å². The van der Waals surface area contributed by atoms with Crippen LogP contribution < -0.4 is 0 Å². The highest BCUT2D eigenvalue weighted by molar-refractivity contribution is 7.47. The molecular formula is C77H153NO8P+. The number of quaternary nitrogens is 1. The number of unbranched alkanes of at least 4 members (excludes halogenated alkanes) is 58. The fourth-order valence-corrected chi connectivity index (χ4v) is 12.8. The normalized spacial score (nSPS) is 13.0. The minimum absolute atomic E-state index is 0.0361. The van der Waals surface area contributed by atoms with Gasteiger partial charge < -0.3 is 18.9 Å². The molecule has 0 rings (SSSR count). The quantitative estimate of drug-likeness (QED) is 0.0211. The van der Waals surface area contributed by atoms with E-state index in [-0.39, 0.29) is 25.6 Å². The van der Waals surface area contributed by atoms with Crippen molar-refractivity contribution < 1.29 is 42.1 Å². The van der Waals surface area contributed by atoms with Crippen LogP contribution in [0.3, 0.4) is 0 Å². The van der Waals surface area contributed by atoms with Crippen LogP contribution in [0.5, 0.6) is 0 Å². The molecule has 0 aliphatic heterocycles. The average molecular weight is 1250 g/mol. The average Bonchev–Trinajstić information content (AvgIpc) is 3.49. The van der Waals surface area contributed by atoms with E-state index in [1.165, 1.54) is 353 Å². The summed E-state index contributed by atoms with van der Waals surface area (Å²) in [5.41, 5.74) is 0. The molecule has 0 radical (unpaired) electrons. The zero-order valence-electron chi connectivity index (χ0n) is 59.3. The third kappa shape index (κ3) is 73.7. The van der Waals surface area contributed by atoms with Gasteiger partial charge in [0.15, 0.2) is 6.10 Å². The van der Waals surface area contributed by atoms with E-state index in [0.29, 0.717) is 23.9 Å². The van der Waals surface area contributed by atoms with Crippen LogP contribution >= 0.6 is 7.82 Å². The molecule has 87 heavy (non-hydrogen) atoms. The van der Waals surface area contributed by atoms with Gasteiger partial charge in [-0.15, -0.1) is 0 Å². The summed E-state index contributed by atoms with van der Waals surface area (Å²) in [6.07, 6.45) is 86.5. The van der Waals surface area contributed by atoms with Gasteiger partial charge in [-0.25, -0.2) is 4.57 Å². The van der Waals surface area contributed by atoms with Crippen molar-refractivity contribution in [3.63, 3.8) is 0 Å². The highest BCUT2D eigenvalue weighted by Crippen LogP contribution is 2.43. The molecule has 0 heterocycles. The van der Waals surface area contributed by atoms with Crippen LogP contribution in [0.25, 0.3) is 0 Å². The summed E-state index contributed by atoms with van der Waals surface area (Å²) < 4.78 is 34.8. The van der Waals surface area contributed by atoms with Gasteiger partial charge in [0.2, 0.25) is 0 Å². The molecule has 10 heteroatoms. The fourth-order valence-electron chi connectivity index (χ4n) is 12.1. The summed E-state index contributed by atoms with van der Waals surface area (Å²) in [7, 11) is 1.50. The maximum absolute atomic E-state index is 12.9. The predicted molar refractivity (Wildman–Crippen MR) is 377 cm³/mol. The Labute approximate surface area is 543 Å². The van der Waals surface area contributed by atoms with E-state index in [1.807, 2.05) is 21.1 Å². The second-order valence-electron chi connectivity index (χ2n) is 28.1. The Bertz CT molecular complexity index is 1470. The minimum Gasteiger partial charge on any atom is -0.462 e. The topological polar surface area (TPSA) is 108 Å². The molecule has 0 aliphatic carbocycles. The lowest BCUT2D eigenvalue weighted by Gasteiger charge is -2.24. The van der Waals surface area contributed by atoms with Crippen molar-refractivity contribution in [3.8, 4) is 0 Å². The fraction of sp³-hybridized carbons (Fsp3) is 0.948. The van der Waals surface area contributed by atoms with Crippen LogP contribution in [-0.2, 0) is 32.7 Å². The van der Waals surface area contributed by atoms with Crippen LogP contribution in [0.2, 0.25) is 0 Å². The number of esters is 2. The van der Waals surface area contributed by atoms with E-state index in [2.05, 4.69) is 26.0 Å². The molecule has 0 aliphatic rings. The molecule has 0 saturated heterocycles. The molecular weight excluding hydrogens is 1100 g/mol. The molecule has 0 aromatic carbocycles. The summed E-state index contributed by atoms with van der Waals surface area (Å²) in [5, 5.41) is 0. The third-order valence-electron chi connectivity index (χ3n) is 18.0. The van der Waals surface area contributed by atoms with Gasteiger partial charge in [0.05, 0.1) is 27.7 Å². The summed E-state index contributed by atoms with van der Waals surface area (Å²) in [6, 6.07) is 0. The number of carbonyl (C=O) groups excluding carboxylic acids is 2. The van der Waals surface area contributed by atoms with Crippen LogP contribution in [0, 0.1) is 0 Å². The highest BCUT2D eigenvalue weighted by atomic mass is 31.2. The molecule has 0 fully saturated rings. The molecule has 0 aromatic heterocycles. The first-order valence-electron chi connectivity index (χ1n) is 38.9. The molecule has 0 spiro atoms. The van der Waals surface area contributed by atoms with E-state index < -0.39 is 26.5 Å². The molecule has 9 nitrogen and oxygen atoms in total. The van der Waals surface area contributed by atoms with E-state index in [0.717, 1.165) is 32.1 Å². The van der Waals surface area contributed by atoms with Crippen molar-refractivity contribution in [1.29, 1.82) is 0 Å². The molecule has 0 aromatic rings. The lowest BCUT2D eigenvalue weighted by molar-refractivity contribution is -0.870. The first-order chi connectivity index (χ1) is 42.5. The van der Waals surface area contributed by atoms with Gasteiger partial charge in [0.25, 0.3) is 0 Å². The van der Waals surface area contributed by atoms with Crippen LogP contribution in [-0.4, -0.2) is 74.9 Å². The van der Waals surface area contributed by atoms with E-state index in [4.69, 9.17) is 18.5 Å². The second kappa shape index (κ2) is 69.1. The lowest BCUT2D eigenvalue weighted by Crippen LogP contribution is -2.37. The number of rotatable bonds is 74. The number of allylic oxidation sites excluding steroid dienone is 2. The number of hydrogen-bond donors (Lipinski definition) is 1. The first-order valence-corrected chi connectivity index (χ1v) is 40.4. The monoisotopic (exact) mass is 1250 g/mol. The molecule has 0 bridgehead atoms. The van der Waals surface area contributed by atoms with Crippen LogP contribution in [0.4, 0.5) is 0 Å². The van der Waals surface area contributed by atoms with Crippen LogP contribution in [0.1, 0.15) is 418 Å². The number of phosphoric acid groups is 1. The Morgan fingerprint density at radius 1 is 0.345 bits per heavy atom. The molecule has 1 N–H and O–H groups in total. The zero-order valence-corrected chi connectivity index (χ0v) is 60.2. The van der Waals surface area contributed by atoms with E-state index >= 15 is 0 Å². The predicted octanol–water partition coefficient (Wildman–Crippen LogP) is 25.5. The second-order valence-corrected chi connectivity index (χ2v) is 29.6. The number of phosphoric ester groups is 1. The van der Waals surface area contributed by atoms with Crippen molar-refractivity contribution in [2.24, 2.45) is 0 Å². The number of likely N-dealkylation sites (N-methyl/N-ethyl adjacent to an activating group) is 1. The largest absolute Gasteiger partial charge is 0.472 e. The number of ether oxygens (including phenoxy) is 2. The first kappa shape index (κ1) is 85.8. The van der Waals surface area contributed by atoms with E-state index in [9.17, 15) is 19.0 Å². The smallest absolute Gasteiger partial charge is 0.462 e. The molecule has 2 atom stereocenters. The maximum atomic E-state index is 12.9. The Morgan fingerprint density at radius 3 is 0.851 bits per heavy atom. The van der Waals surface area contributed by atoms with Crippen molar-refractivity contribution in [3.05, 3.63) is 12.2 Å². The van der Waals surface area contributed by atoms with Crippen molar-refractivity contribution in [1.82, 2.24) is 0 Å². The van der Waals surface area contributed by atoms with Gasteiger partial charge in [-0.3, -0.25) is 18.6 Å². The maximum Gasteiger partial charge on any atom is 0.472 e. The van der Waals surface area contributed by atoms with Gasteiger partial charge in [-0.2, -0.15) is 0 Å². The Morgan fingerprint density at radius 2 is 0.586 bits per heavy atom. The standard InChI is InChI=1S/C77H152NO8P/c1-6-8-10-12-14-16-18-20-22-24-26-28-30-32-33-34-35-36-37-38-39-40-41-42-43-44-46-47-49-51-53-55-57-59-61-63-65-67-69-76(79)83-73-75(74-85-87(81,82)84-72-71-78(3,4)5)86-77(80)70-68-66-64-62-60-58-56-54-52-50-48-45-31-29-27-25-23-21-19-17-15-13-11-9-7-2/h25,27,75H,6-24,26,28-74H2,1-5H3/p+1/b27-25-. The Balaban J connectivity index is 3.88. The lowest BCUT2D eigenvalue weighted by atomic mass is 10.0. The van der Waals surface area contributed by atoms with Crippen molar-refractivity contribution >= 4 is 19.8 Å². The summed E-state index contributed by atoms with van der Waals surface area (Å²) in [6.45, 7) is 4.52. The van der Waals surface area contributed by atoms with Gasteiger partial charge in [0.1, 0.15) is 19.8 Å². The van der Waals surface area contributed by atoms with E-state index in [1.54, 1.807) is 0 Å². The van der Waals surface area contributed by atoms with Crippen LogP contribution in [0.15, 0.2) is 12.2 Å². The summed E-state index contributed by atoms with van der Waals surface area (Å²) >= 11 is 0. The van der Waals surface area contributed by atoms with Gasteiger partial charge in [0, 0.05) is 12.8 Å². The highest BCUT2D eigenvalue weighted by Gasteiger charge is 2.27. The Kier molecular flexibility index (Phi) is 68.1. The van der Waals surface area contributed by atoms with Gasteiger partial charge >= 0.3 is 19.8 Å². The zero-order chi connectivity index (χ0) is 63.4. The third-order valence-corrected chi connectivity index (χ3v) is 19.0. The minimum atomic E-state index is -4.39. The molecule has 0 amide bonds. The Hall–Kier alpha value is -1.25. The van der Waals surface area contributed by atoms with Gasteiger partial charge in [-0.05, 0) is 38.5 Å². The summed E-state index contributed by atoms with van der Waals surface area (Å²) in [4.78, 5) is 35.9. The molecule has 0 saturated carbocycles. The summed E-state index contributed by atoms with van der Waals surface area (Å²) in [5.74, 6) is -0.771. The number of carbonyl (C=O) groups is 2. The van der Waals surface area contributed by atoms with Crippen molar-refractivity contribution in [2.45, 2.75) is 424 Å². The molecule has 518 valence electrons.